The minimum absolute atomic E-state index is 0.116. The van der Waals surface area contributed by atoms with Crippen molar-refractivity contribution < 1.29 is 19.2 Å². The largest absolute Gasteiger partial charge is 0.490 e. The van der Waals surface area contributed by atoms with E-state index in [1.54, 1.807) is 18.2 Å². The second-order valence-corrected chi connectivity index (χ2v) is 6.17. The van der Waals surface area contributed by atoms with Crippen molar-refractivity contribution in [2.45, 2.75) is 26.7 Å². The predicted molar refractivity (Wildman–Crippen MR) is 104 cm³/mol. The van der Waals surface area contributed by atoms with Gasteiger partial charge in [0.05, 0.1) is 18.1 Å². The summed E-state index contributed by atoms with van der Waals surface area (Å²) in [5, 5.41) is 14.0. The lowest BCUT2D eigenvalue weighted by Crippen LogP contribution is -2.14. The van der Waals surface area contributed by atoms with Gasteiger partial charge in [0, 0.05) is 22.8 Å². The van der Waals surface area contributed by atoms with E-state index >= 15 is 0 Å². The molecule has 0 heterocycles. The van der Waals surface area contributed by atoms with Gasteiger partial charge in [0.15, 0.2) is 11.5 Å². The van der Waals surface area contributed by atoms with Gasteiger partial charge in [-0.3, -0.25) is 14.9 Å². The summed E-state index contributed by atoms with van der Waals surface area (Å²) in [7, 11) is 0. The van der Waals surface area contributed by atoms with Gasteiger partial charge in [0.1, 0.15) is 5.56 Å². The number of carbonyl (C=O) groups is 1. The molecule has 0 saturated carbocycles. The van der Waals surface area contributed by atoms with Crippen molar-refractivity contribution in [3.05, 3.63) is 57.1 Å². The Morgan fingerprint density at radius 2 is 1.74 bits per heavy atom. The summed E-state index contributed by atoms with van der Waals surface area (Å²) >= 11 is 5.88. The van der Waals surface area contributed by atoms with Gasteiger partial charge in [-0.05, 0) is 37.1 Å². The van der Waals surface area contributed by atoms with Gasteiger partial charge >= 0.3 is 0 Å². The van der Waals surface area contributed by atoms with Crippen molar-refractivity contribution in [3.8, 4) is 11.5 Å². The number of ether oxygens (including phenoxy) is 2. The molecule has 0 atom stereocenters. The predicted octanol–water partition coefficient (Wildman–Crippen LogP) is 5.08. The normalized spacial score (nSPS) is 10.3. The summed E-state index contributed by atoms with van der Waals surface area (Å²) in [4.78, 5) is 23.1. The molecule has 27 heavy (non-hydrogen) atoms. The Hall–Kier alpha value is -2.80. The highest BCUT2D eigenvalue weighted by atomic mass is 35.5. The Balaban J connectivity index is 2.27. The van der Waals surface area contributed by atoms with E-state index in [4.69, 9.17) is 21.1 Å². The van der Waals surface area contributed by atoms with Crippen LogP contribution >= 0.6 is 11.6 Å². The number of hydrogen-bond acceptors (Lipinski definition) is 5. The zero-order chi connectivity index (χ0) is 19.8. The number of nitro benzene ring substituents is 1. The first-order chi connectivity index (χ1) is 13.0. The molecule has 0 aliphatic carbocycles. The summed E-state index contributed by atoms with van der Waals surface area (Å²) in [6.07, 6.45) is 1.67. The molecule has 144 valence electrons. The minimum atomic E-state index is -0.632. The summed E-state index contributed by atoms with van der Waals surface area (Å²) in [5.74, 6) is 0.452. The first-order valence-corrected chi connectivity index (χ1v) is 8.99. The van der Waals surface area contributed by atoms with Crippen LogP contribution in [0.1, 0.15) is 37.0 Å². The molecule has 0 bridgehead atoms. The van der Waals surface area contributed by atoms with Gasteiger partial charge in [-0.1, -0.05) is 25.4 Å². The minimum Gasteiger partial charge on any atom is -0.490 e. The standard InChI is InChI=1S/C19H21ClN2O5/c1-3-9-26-17-8-6-14(12-18(17)27-10-4-2)21-19(23)15-11-13(20)5-7-16(15)22(24)25/h5-8,11-12H,3-4,9-10H2,1-2H3,(H,21,23). The van der Waals surface area contributed by atoms with Crippen LogP contribution in [0.2, 0.25) is 5.02 Å². The molecule has 0 aliphatic heterocycles. The number of halogens is 1. The molecule has 0 saturated heterocycles. The van der Waals surface area contributed by atoms with Crippen LogP contribution in [0.5, 0.6) is 11.5 Å². The maximum atomic E-state index is 12.5. The molecule has 0 unspecified atom stereocenters. The van der Waals surface area contributed by atoms with Crippen LogP contribution < -0.4 is 14.8 Å². The Morgan fingerprint density at radius 3 is 2.37 bits per heavy atom. The first kappa shape index (κ1) is 20.5. The molecule has 8 heteroatoms. The van der Waals surface area contributed by atoms with Gasteiger partial charge in [0.25, 0.3) is 11.6 Å². The van der Waals surface area contributed by atoms with Crippen molar-refractivity contribution in [1.82, 2.24) is 0 Å². The number of rotatable bonds is 9. The maximum absolute atomic E-state index is 12.5. The Morgan fingerprint density at radius 1 is 1.07 bits per heavy atom. The molecular formula is C19H21ClN2O5. The third kappa shape index (κ3) is 5.59. The molecule has 2 aromatic carbocycles. The van der Waals surface area contributed by atoms with E-state index in [9.17, 15) is 14.9 Å². The molecule has 2 aromatic rings. The van der Waals surface area contributed by atoms with E-state index in [-0.39, 0.29) is 16.3 Å². The van der Waals surface area contributed by atoms with Crippen molar-refractivity contribution in [3.63, 3.8) is 0 Å². The number of anilines is 1. The Bertz CT molecular complexity index is 826. The number of nitrogens with one attached hydrogen (secondary N) is 1. The van der Waals surface area contributed by atoms with Gasteiger partial charge < -0.3 is 14.8 Å². The van der Waals surface area contributed by atoms with Crippen LogP contribution in [0.4, 0.5) is 11.4 Å². The van der Waals surface area contributed by atoms with E-state index < -0.39 is 10.8 Å². The lowest BCUT2D eigenvalue weighted by molar-refractivity contribution is -0.385. The smallest absolute Gasteiger partial charge is 0.282 e. The number of benzene rings is 2. The van der Waals surface area contributed by atoms with Crippen LogP contribution in [0.15, 0.2) is 36.4 Å². The van der Waals surface area contributed by atoms with Crippen LogP contribution in [0.25, 0.3) is 0 Å². The molecule has 0 fully saturated rings. The van der Waals surface area contributed by atoms with Crippen LogP contribution in [-0.2, 0) is 0 Å². The lowest BCUT2D eigenvalue weighted by Gasteiger charge is -2.14. The molecular weight excluding hydrogens is 372 g/mol. The average Bonchev–Trinajstić information content (AvgIpc) is 2.65. The van der Waals surface area contributed by atoms with Gasteiger partial charge in [-0.15, -0.1) is 0 Å². The second-order valence-electron chi connectivity index (χ2n) is 5.73. The van der Waals surface area contributed by atoms with Crippen molar-refractivity contribution in [1.29, 1.82) is 0 Å². The topological polar surface area (TPSA) is 90.7 Å². The SMILES string of the molecule is CCCOc1ccc(NC(=O)c2cc(Cl)ccc2[N+](=O)[O-])cc1OCCC. The number of nitro groups is 1. The molecule has 0 aliphatic rings. The highest BCUT2D eigenvalue weighted by Crippen LogP contribution is 2.32. The van der Waals surface area contributed by atoms with Crippen LogP contribution in [0.3, 0.4) is 0 Å². The molecule has 2 rings (SSSR count). The summed E-state index contributed by atoms with van der Waals surface area (Å²) in [5.41, 5.74) is 0.00122. The highest BCUT2D eigenvalue weighted by Gasteiger charge is 2.21. The summed E-state index contributed by atoms with van der Waals surface area (Å²) in [6.45, 7) is 5.03. The zero-order valence-corrected chi connectivity index (χ0v) is 15.9. The second kappa shape index (κ2) is 9.78. The number of hydrogen-bond donors (Lipinski definition) is 1. The van der Waals surface area contributed by atoms with Gasteiger partial charge in [0.2, 0.25) is 0 Å². The van der Waals surface area contributed by atoms with Gasteiger partial charge in [-0.25, -0.2) is 0 Å². The Kier molecular flexibility index (Phi) is 7.43. The van der Waals surface area contributed by atoms with E-state index in [0.717, 1.165) is 12.8 Å². The Labute approximate surface area is 162 Å². The fourth-order valence-electron chi connectivity index (χ4n) is 2.29. The molecule has 7 nitrogen and oxygen atoms in total. The summed E-state index contributed by atoms with van der Waals surface area (Å²) in [6, 6.07) is 8.82. The molecule has 1 N–H and O–H groups in total. The summed E-state index contributed by atoms with van der Waals surface area (Å²) < 4.78 is 11.3. The van der Waals surface area contributed by atoms with Crippen LogP contribution in [0, 0.1) is 10.1 Å². The van der Waals surface area contributed by atoms with Crippen molar-refractivity contribution in [2.75, 3.05) is 18.5 Å². The van der Waals surface area contributed by atoms with Crippen molar-refractivity contribution >= 4 is 28.9 Å². The first-order valence-electron chi connectivity index (χ1n) is 8.61. The molecule has 1 amide bonds. The third-order valence-corrected chi connectivity index (χ3v) is 3.76. The fourth-order valence-corrected chi connectivity index (χ4v) is 2.46. The quantitative estimate of drug-likeness (QED) is 0.474. The molecule has 0 aromatic heterocycles. The number of carbonyl (C=O) groups excluding carboxylic acids is 1. The fraction of sp³-hybridized carbons (Fsp3) is 0.316. The van der Waals surface area contributed by atoms with E-state index in [0.29, 0.717) is 30.4 Å². The van der Waals surface area contributed by atoms with E-state index in [1.165, 1.54) is 18.2 Å². The lowest BCUT2D eigenvalue weighted by atomic mass is 10.1. The number of nitrogens with zero attached hydrogens (tertiary/aromatic N) is 1. The van der Waals surface area contributed by atoms with E-state index in [2.05, 4.69) is 5.32 Å². The average molecular weight is 393 g/mol. The van der Waals surface area contributed by atoms with Gasteiger partial charge in [-0.2, -0.15) is 0 Å². The zero-order valence-electron chi connectivity index (χ0n) is 15.2. The monoisotopic (exact) mass is 392 g/mol. The molecule has 0 radical (unpaired) electrons. The highest BCUT2D eigenvalue weighted by molar-refractivity contribution is 6.31. The third-order valence-electron chi connectivity index (χ3n) is 3.52. The van der Waals surface area contributed by atoms with E-state index in [1.807, 2.05) is 13.8 Å². The van der Waals surface area contributed by atoms with Crippen molar-refractivity contribution in [2.24, 2.45) is 0 Å². The molecule has 0 spiro atoms. The number of amides is 1. The van der Waals surface area contributed by atoms with Crippen LogP contribution in [-0.4, -0.2) is 24.0 Å². The maximum Gasteiger partial charge on any atom is 0.282 e.